The number of carboxylic acid groups (broad SMARTS) is 1. The minimum Gasteiger partial charge on any atom is -0.481 e. The summed E-state index contributed by atoms with van der Waals surface area (Å²) in [6.45, 7) is 6.72. The van der Waals surface area contributed by atoms with Gasteiger partial charge >= 0.3 is 5.97 Å². The van der Waals surface area contributed by atoms with E-state index in [1.807, 2.05) is 18.7 Å². The zero-order chi connectivity index (χ0) is 11.4. The van der Waals surface area contributed by atoms with Crippen LogP contribution in [0.25, 0.3) is 0 Å². The molecule has 1 aliphatic heterocycles. The predicted octanol–water partition coefficient (Wildman–Crippen LogP) is 0.0137. The van der Waals surface area contributed by atoms with Crippen LogP contribution in [0.1, 0.15) is 20.3 Å². The maximum Gasteiger partial charge on any atom is 0.305 e. The van der Waals surface area contributed by atoms with Crippen molar-refractivity contribution >= 4 is 11.9 Å². The monoisotopic (exact) mass is 214 g/mol. The van der Waals surface area contributed by atoms with Crippen LogP contribution in [0.3, 0.4) is 0 Å². The van der Waals surface area contributed by atoms with E-state index in [0.717, 1.165) is 13.1 Å². The highest BCUT2D eigenvalue weighted by Gasteiger charge is 2.34. The molecule has 0 saturated carbocycles. The molecule has 0 aromatic rings. The lowest BCUT2D eigenvalue weighted by molar-refractivity contribution is -0.149. The SMILES string of the molecule is CCN1CCN(CC)C(CC(=O)O)C1=O. The van der Waals surface area contributed by atoms with Gasteiger partial charge in [-0.25, -0.2) is 0 Å². The van der Waals surface area contributed by atoms with Crippen LogP contribution in [0.5, 0.6) is 0 Å². The number of nitrogens with zero attached hydrogens (tertiary/aromatic N) is 2. The van der Waals surface area contributed by atoms with Crippen molar-refractivity contribution in [1.82, 2.24) is 9.80 Å². The normalized spacial score (nSPS) is 23.2. The largest absolute Gasteiger partial charge is 0.481 e. The molecule has 1 rings (SSSR count). The van der Waals surface area contributed by atoms with E-state index in [1.165, 1.54) is 0 Å². The van der Waals surface area contributed by atoms with Crippen LogP contribution in [-0.4, -0.2) is 59.0 Å². The molecule has 1 unspecified atom stereocenters. The average Bonchev–Trinajstić information content (AvgIpc) is 2.20. The van der Waals surface area contributed by atoms with E-state index in [2.05, 4.69) is 0 Å². The number of hydrogen-bond acceptors (Lipinski definition) is 3. The van der Waals surface area contributed by atoms with Gasteiger partial charge in [0.2, 0.25) is 5.91 Å². The molecule has 0 aliphatic carbocycles. The molecular formula is C10H18N2O3. The van der Waals surface area contributed by atoms with Gasteiger partial charge in [0.15, 0.2) is 0 Å². The Bertz CT molecular complexity index is 255. The Labute approximate surface area is 89.7 Å². The van der Waals surface area contributed by atoms with Crippen molar-refractivity contribution < 1.29 is 14.7 Å². The Balaban J connectivity index is 2.73. The first-order chi connectivity index (χ1) is 7.10. The third-order valence-corrected chi connectivity index (χ3v) is 2.85. The van der Waals surface area contributed by atoms with E-state index in [9.17, 15) is 9.59 Å². The fraction of sp³-hybridized carbons (Fsp3) is 0.800. The molecule has 1 saturated heterocycles. The van der Waals surface area contributed by atoms with Gasteiger partial charge in [0.05, 0.1) is 12.5 Å². The standard InChI is InChI=1S/C10H18N2O3/c1-3-11-5-6-12(4-2)10(15)8(11)7-9(13)14/h8H,3-7H2,1-2H3,(H,13,14). The topological polar surface area (TPSA) is 60.9 Å². The Hall–Kier alpha value is -1.10. The average molecular weight is 214 g/mol. The fourth-order valence-corrected chi connectivity index (χ4v) is 1.96. The van der Waals surface area contributed by atoms with Crippen molar-refractivity contribution in [2.45, 2.75) is 26.3 Å². The van der Waals surface area contributed by atoms with Crippen molar-refractivity contribution in [3.05, 3.63) is 0 Å². The summed E-state index contributed by atoms with van der Waals surface area (Å²) in [5.74, 6) is -0.960. The highest BCUT2D eigenvalue weighted by molar-refractivity contribution is 5.86. The molecular weight excluding hydrogens is 196 g/mol. The van der Waals surface area contributed by atoms with Gasteiger partial charge in [-0.1, -0.05) is 6.92 Å². The van der Waals surface area contributed by atoms with Crippen LogP contribution in [0.4, 0.5) is 0 Å². The minimum atomic E-state index is -0.912. The van der Waals surface area contributed by atoms with E-state index in [4.69, 9.17) is 5.11 Å². The Morgan fingerprint density at radius 1 is 1.40 bits per heavy atom. The van der Waals surface area contributed by atoms with E-state index in [0.29, 0.717) is 13.1 Å². The van der Waals surface area contributed by atoms with Gasteiger partial charge in [0, 0.05) is 19.6 Å². The molecule has 5 heteroatoms. The molecule has 1 fully saturated rings. The number of likely N-dealkylation sites (N-methyl/N-ethyl adjacent to an activating group) is 2. The lowest BCUT2D eigenvalue weighted by atomic mass is 10.1. The second-order valence-corrected chi connectivity index (χ2v) is 3.66. The van der Waals surface area contributed by atoms with Gasteiger partial charge < -0.3 is 10.0 Å². The highest BCUT2D eigenvalue weighted by Crippen LogP contribution is 2.14. The van der Waals surface area contributed by atoms with Crippen molar-refractivity contribution in [2.75, 3.05) is 26.2 Å². The molecule has 1 amide bonds. The number of aliphatic carboxylic acids is 1. The third-order valence-electron chi connectivity index (χ3n) is 2.85. The zero-order valence-electron chi connectivity index (χ0n) is 9.27. The second-order valence-electron chi connectivity index (χ2n) is 3.66. The van der Waals surface area contributed by atoms with Crippen LogP contribution in [0.15, 0.2) is 0 Å². The number of piperazine rings is 1. The van der Waals surface area contributed by atoms with Crippen LogP contribution in [0, 0.1) is 0 Å². The highest BCUT2D eigenvalue weighted by atomic mass is 16.4. The van der Waals surface area contributed by atoms with Gasteiger partial charge in [-0.15, -0.1) is 0 Å². The lowest BCUT2D eigenvalue weighted by Crippen LogP contribution is -2.57. The van der Waals surface area contributed by atoms with Crippen molar-refractivity contribution in [1.29, 1.82) is 0 Å². The van der Waals surface area contributed by atoms with Crippen LogP contribution in [-0.2, 0) is 9.59 Å². The van der Waals surface area contributed by atoms with Crippen molar-refractivity contribution in [3.8, 4) is 0 Å². The number of carbonyl (C=O) groups is 2. The first kappa shape index (κ1) is 12.0. The number of carboxylic acids is 1. The van der Waals surface area contributed by atoms with Gasteiger partial charge in [0.1, 0.15) is 0 Å². The smallest absolute Gasteiger partial charge is 0.305 e. The molecule has 0 radical (unpaired) electrons. The molecule has 0 aromatic heterocycles. The van der Waals surface area contributed by atoms with Crippen LogP contribution < -0.4 is 0 Å². The van der Waals surface area contributed by atoms with E-state index in [-0.39, 0.29) is 12.3 Å². The first-order valence-corrected chi connectivity index (χ1v) is 5.34. The van der Waals surface area contributed by atoms with Gasteiger partial charge in [-0.2, -0.15) is 0 Å². The quantitative estimate of drug-likeness (QED) is 0.716. The molecule has 1 aliphatic rings. The van der Waals surface area contributed by atoms with Crippen LogP contribution in [0.2, 0.25) is 0 Å². The number of carbonyl (C=O) groups excluding carboxylic acids is 1. The molecule has 0 spiro atoms. The minimum absolute atomic E-state index is 0.0481. The molecule has 15 heavy (non-hydrogen) atoms. The summed E-state index contributed by atoms with van der Waals surface area (Å²) >= 11 is 0. The third kappa shape index (κ3) is 2.68. The summed E-state index contributed by atoms with van der Waals surface area (Å²) in [7, 11) is 0. The van der Waals surface area contributed by atoms with Gasteiger partial charge in [-0.05, 0) is 13.5 Å². The molecule has 1 N–H and O–H groups in total. The van der Waals surface area contributed by atoms with Crippen molar-refractivity contribution in [2.24, 2.45) is 0 Å². The van der Waals surface area contributed by atoms with Crippen molar-refractivity contribution in [3.63, 3.8) is 0 Å². The summed E-state index contributed by atoms with van der Waals surface area (Å²) < 4.78 is 0. The Morgan fingerprint density at radius 3 is 2.53 bits per heavy atom. The van der Waals surface area contributed by atoms with E-state index in [1.54, 1.807) is 4.90 Å². The molecule has 1 atom stereocenters. The van der Waals surface area contributed by atoms with Crippen LogP contribution >= 0.6 is 0 Å². The summed E-state index contributed by atoms with van der Waals surface area (Å²) in [5.41, 5.74) is 0. The summed E-state index contributed by atoms with van der Waals surface area (Å²) in [4.78, 5) is 26.2. The fourth-order valence-electron chi connectivity index (χ4n) is 1.96. The first-order valence-electron chi connectivity index (χ1n) is 5.34. The van der Waals surface area contributed by atoms with E-state index < -0.39 is 12.0 Å². The molecule has 86 valence electrons. The summed E-state index contributed by atoms with van der Waals surface area (Å²) in [5, 5.41) is 8.76. The second kappa shape index (κ2) is 5.11. The zero-order valence-corrected chi connectivity index (χ0v) is 9.27. The molecule has 5 nitrogen and oxygen atoms in total. The van der Waals surface area contributed by atoms with Gasteiger partial charge in [0.25, 0.3) is 0 Å². The number of rotatable bonds is 4. The molecule has 0 aromatic carbocycles. The summed E-state index contributed by atoms with van der Waals surface area (Å²) in [6.07, 6.45) is -0.0941. The Kier molecular flexibility index (Phi) is 4.08. The lowest BCUT2D eigenvalue weighted by Gasteiger charge is -2.39. The number of hydrogen-bond donors (Lipinski definition) is 1. The van der Waals surface area contributed by atoms with Gasteiger partial charge in [-0.3, -0.25) is 14.5 Å². The maximum absolute atomic E-state index is 11.9. The Morgan fingerprint density at radius 2 is 2.07 bits per heavy atom. The van der Waals surface area contributed by atoms with E-state index >= 15 is 0 Å². The molecule has 0 bridgehead atoms. The maximum atomic E-state index is 11.9. The summed E-state index contributed by atoms with van der Waals surface area (Å²) in [6, 6.07) is -0.471. The predicted molar refractivity (Wildman–Crippen MR) is 55.5 cm³/mol. The number of amides is 1. The molecule has 1 heterocycles.